The zero-order chi connectivity index (χ0) is 17.5. The number of benzene rings is 2. The SMILES string of the molecule is N#Cc1ccc(/C=N/NC(=O)COc2cccc3cccnc23)cc1. The van der Waals surface area contributed by atoms with Crippen LogP contribution in [0.4, 0.5) is 0 Å². The summed E-state index contributed by atoms with van der Waals surface area (Å²) < 4.78 is 5.53. The van der Waals surface area contributed by atoms with Crippen molar-refractivity contribution in [1.82, 2.24) is 10.4 Å². The molecule has 0 atom stereocenters. The Bertz CT molecular complexity index is 954. The molecule has 1 aromatic heterocycles. The molecule has 0 fully saturated rings. The van der Waals surface area contributed by atoms with Crippen molar-refractivity contribution in [3.63, 3.8) is 0 Å². The molecule has 1 heterocycles. The maximum Gasteiger partial charge on any atom is 0.277 e. The molecule has 25 heavy (non-hydrogen) atoms. The van der Waals surface area contributed by atoms with E-state index in [4.69, 9.17) is 10.00 Å². The molecule has 0 radical (unpaired) electrons. The lowest BCUT2D eigenvalue weighted by Crippen LogP contribution is -2.24. The van der Waals surface area contributed by atoms with Crippen LogP contribution >= 0.6 is 0 Å². The van der Waals surface area contributed by atoms with E-state index in [9.17, 15) is 4.79 Å². The minimum Gasteiger partial charge on any atom is -0.481 e. The Hall–Kier alpha value is -3.72. The number of pyridine rings is 1. The second kappa shape index (κ2) is 7.70. The summed E-state index contributed by atoms with van der Waals surface area (Å²) >= 11 is 0. The molecule has 0 saturated heterocycles. The van der Waals surface area contributed by atoms with Crippen molar-refractivity contribution in [3.8, 4) is 11.8 Å². The van der Waals surface area contributed by atoms with Gasteiger partial charge in [0.1, 0.15) is 11.3 Å². The third-order valence-electron chi connectivity index (χ3n) is 3.40. The van der Waals surface area contributed by atoms with Crippen LogP contribution in [-0.2, 0) is 4.79 Å². The summed E-state index contributed by atoms with van der Waals surface area (Å²) in [4.78, 5) is 16.1. The number of hydrogen-bond donors (Lipinski definition) is 1. The fourth-order valence-electron chi connectivity index (χ4n) is 2.19. The molecule has 0 saturated carbocycles. The average molecular weight is 330 g/mol. The number of para-hydroxylation sites is 1. The lowest BCUT2D eigenvalue weighted by atomic mass is 10.2. The van der Waals surface area contributed by atoms with Gasteiger partial charge in [-0.15, -0.1) is 0 Å². The number of carbonyl (C=O) groups excluding carboxylic acids is 1. The summed E-state index contributed by atoms with van der Waals surface area (Å²) in [6.45, 7) is -0.166. The van der Waals surface area contributed by atoms with Crippen LogP contribution in [-0.4, -0.2) is 23.7 Å². The maximum absolute atomic E-state index is 11.8. The van der Waals surface area contributed by atoms with Crippen molar-refractivity contribution >= 4 is 23.0 Å². The summed E-state index contributed by atoms with van der Waals surface area (Å²) in [7, 11) is 0. The number of aromatic nitrogens is 1. The molecule has 122 valence electrons. The number of nitriles is 1. The van der Waals surface area contributed by atoms with Crippen molar-refractivity contribution in [2.75, 3.05) is 6.61 Å². The number of rotatable bonds is 5. The monoisotopic (exact) mass is 330 g/mol. The summed E-state index contributed by atoms with van der Waals surface area (Å²) in [5, 5.41) is 13.5. The van der Waals surface area contributed by atoms with Gasteiger partial charge in [-0.25, -0.2) is 5.43 Å². The highest BCUT2D eigenvalue weighted by Crippen LogP contribution is 2.22. The zero-order valence-corrected chi connectivity index (χ0v) is 13.2. The molecule has 6 heteroatoms. The van der Waals surface area contributed by atoms with Crippen LogP contribution < -0.4 is 10.2 Å². The minimum atomic E-state index is -0.377. The highest BCUT2D eigenvalue weighted by Gasteiger charge is 2.05. The van der Waals surface area contributed by atoms with Gasteiger partial charge in [0, 0.05) is 11.6 Å². The maximum atomic E-state index is 11.8. The van der Waals surface area contributed by atoms with Gasteiger partial charge < -0.3 is 4.74 Å². The number of fused-ring (bicyclic) bond motifs is 1. The van der Waals surface area contributed by atoms with Crippen LogP contribution in [0.1, 0.15) is 11.1 Å². The van der Waals surface area contributed by atoms with Crippen LogP contribution in [0.3, 0.4) is 0 Å². The molecule has 3 rings (SSSR count). The summed E-state index contributed by atoms with van der Waals surface area (Å²) in [5.74, 6) is 0.169. The smallest absolute Gasteiger partial charge is 0.277 e. The van der Waals surface area contributed by atoms with Gasteiger partial charge in [-0.3, -0.25) is 9.78 Å². The highest BCUT2D eigenvalue weighted by atomic mass is 16.5. The van der Waals surface area contributed by atoms with E-state index in [0.29, 0.717) is 16.8 Å². The summed E-state index contributed by atoms with van der Waals surface area (Å²) in [6, 6.07) is 18.2. The number of amides is 1. The Balaban J connectivity index is 1.55. The molecule has 0 spiro atoms. The van der Waals surface area contributed by atoms with Crippen LogP contribution in [0.15, 0.2) is 65.9 Å². The van der Waals surface area contributed by atoms with Crippen LogP contribution in [0.2, 0.25) is 0 Å². The quantitative estimate of drug-likeness (QED) is 0.575. The molecule has 0 aliphatic rings. The van der Waals surface area contributed by atoms with Crippen LogP contribution in [0.5, 0.6) is 5.75 Å². The van der Waals surface area contributed by atoms with Gasteiger partial charge in [0.2, 0.25) is 0 Å². The topological polar surface area (TPSA) is 87.4 Å². The molecule has 0 aliphatic heterocycles. The molecule has 1 N–H and O–H groups in total. The molecule has 2 aromatic carbocycles. The molecule has 6 nitrogen and oxygen atoms in total. The molecule has 0 unspecified atom stereocenters. The summed E-state index contributed by atoms with van der Waals surface area (Å²) in [5.41, 5.74) is 4.45. The largest absolute Gasteiger partial charge is 0.481 e. The van der Waals surface area contributed by atoms with E-state index in [0.717, 1.165) is 10.9 Å². The van der Waals surface area contributed by atoms with E-state index in [1.165, 1.54) is 6.21 Å². The Morgan fingerprint density at radius 3 is 2.80 bits per heavy atom. The van der Waals surface area contributed by atoms with Crippen LogP contribution in [0.25, 0.3) is 10.9 Å². The lowest BCUT2D eigenvalue weighted by Gasteiger charge is -2.07. The van der Waals surface area contributed by atoms with E-state index in [2.05, 4.69) is 15.5 Å². The standard InChI is InChI=1S/C19H14N4O2/c20-11-14-6-8-15(9-7-14)12-22-23-18(24)13-25-17-5-1-3-16-4-2-10-21-19(16)17/h1-10,12H,13H2,(H,23,24)/b22-12+. The second-order valence-electron chi connectivity index (χ2n) is 5.15. The fourth-order valence-corrected chi connectivity index (χ4v) is 2.19. The Kier molecular flexibility index (Phi) is 4.98. The van der Waals surface area contributed by atoms with E-state index in [1.807, 2.05) is 30.3 Å². The summed E-state index contributed by atoms with van der Waals surface area (Å²) in [6.07, 6.45) is 3.18. The highest BCUT2D eigenvalue weighted by molar-refractivity contribution is 5.85. The van der Waals surface area contributed by atoms with Crippen molar-refractivity contribution in [1.29, 1.82) is 5.26 Å². The normalized spacial score (nSPS) is 10.5. The first-order valence-corrected chi connectivity index (χ1v) is 7.55. The van der Waals surface area contributed by atoms with Crippen molar-refractivity contribution in [2.24, 2.45) is 5.10 Å². The van der Waals surface area contributed by atoms with E-state index in [-0.39, 0.29) is 12.5 Å². The fraction of sp³-hybridized carbons (Fsp3) is 0.0526. The Labute approximate surface area is 144 Å². The number of hydrogen-bond acceptors (Lipinski definition) is 5. The minimum absolute atomic E-state index is 0.166. The lowest BCUT2D eigenvalue weighted by molar-refractivity contribution is -0.123. The van der Waals surface area contributed by atoms with Crippen molar-refractivity contribution in [3.05, 3.63) is 71.9 Å². The van der Waals surface area contributed by atoms with Gasteiger partial charge in [0.15, 0.2) is 6.61 Å². The third-order valence-corrected chi connectivity index (χ3v) is 3.40. The number of ether oxygens (including phenoxy) is 1. The van der Waals surface area contributed by atoms with Crippen LogP contribution in [0, 0.1) is 11.3 Å². The number of hydrazone groups is 1. The number of carbonyl (C=O) groups is 1. The number of nitrogens with zero attached hydrogens (tertiary/aromatic N) is 3. The molecular formula is C19H14N4O2. The Morgan fingerprint density at radius 1 is 1.20 bits per heavy atom. The zero-order valence-electron chi connectivity index (χ0n) is 13.2. The molecule has 0 bridgehead atoms. The molecule has 3 aromatic rings. The first-order valence-electron chi connectivity index (χ1n) is 7.55. The van der Waals surface area contributed by atoms with E-state index in [1.54, 1.807) is 36.5 Å². The Morgan fingerprint density at radius 2 is 2.00 bits per heavy atom. The van der Waals surface area contributed by atoms with Gasteiger partial charge in [-0.1, -0.05) is 30.3 Å². The van der Waals surface area contributed by atoms with Gasteiger partial charge in [0.25, 0.3) is 5.91 Å². The van der Waals surface area contributed by atoms with Crippen molar-refractivity contribution < 1.29 is 9.53 Å². The number of nitrogens with one attached hydrogen (secondary N) is 1. The average Bonchev–Trinajstić information content (AvgIpc) is 2.67. The van der Waals surface area contributed by atoms with Gasteiger partial charge in [-0.05, 0) is 29.8 Å². The van der Waals surface area contributed by atoms with Gasteiger partial charge in [0.05, 0.1) is 17.8 Å². The first-order chi connectivity index (χ1) is 12.3. The van der Waals surface area contributed by atoms with Gasteiger partial charge >= 0.3 is 0 Å². The molecule has 0 aliphatic carbocycles. The molecule has 1 amide bonds. The predicted molar refractivity (Wildman–Crippen MR) is 94.1 cm³/mol. The molecular weight excluding hydrogens is 316 g/mol. The third kappa shape index (κ3) is 4.18. The van der Waals surface area contributed by atoms with Crippen molar-refractivity contribution in [2.45, 2.75) is 0 Å². The van der Waals surface area contributed by atoms with E-state index >= 15 is 0 Å². The van der Waals surface area contributed by atoms with Gasteiger partial charge in [-0.2, -0.15) is 10.4 Å². The second-order valence-corrected chi connectivity index (χ2v) is 5.15. The van der Waals surface area contributed by atoms with E-state index < -0.39 is 0 Å². The predicted octanol–water partition coefficient (Wildman–Crippen LogP) is 2.64. The first kappa shape index (κ1) is 16.1.